The number of nitrogens with zero attached hydrogens (tertiary/aromatic N) is 2. The summed E-state index contributed by atoms with van der Waals surface area (Å²) >= 11 is 1.68. The van der Waals surface area contributed by atoms with E-state index in [2.05, 4.69) is 32.2 Å². The number of unbranched alkanes of at least 4 members (excludes halogenated alkanes) is 2. The van der Waals surface area contributed by atoms with Crippen molar-refractivity contribution in [2.75, 3.05) is 13.1 Å². The van der Waals surface area contributed by atoms with Gasteiger partial charge in [0.2, 0.25) is 11.8 Å². The van der Waals surface area contributed by atoms with Gasteiger partial charge in [0.1, 0.15) is 0 Å². The van der Waals surface area contributed by atoms with Crippen molar-refractivity contribution in [1.82, 2.24) is 9.80 Å². The molecule has 0 unspecified atom stereocenters. The maximum absolute atomic E-state index is 13.3. The third-order valence-electron chi connectivity index (χ3n) is 5.08. The van der Waals surface area contributed by atoms with Crippen LogP contribution in [-0.2, 0) is 22.7 Å². The summed E-state index contributed by atoms with van der Waals surface area (Å²) in [4.78, 5) is 30.8. The van der Waals surface area contributed by atoms with Gasteiger partial charge in [-0.05, 0) is 42.3 Å². The van der Waals surface area contributed by atoms with Gasteiger partial charge >= 0.3 is 0 Å². The van der Waals surface area contributed by atoms with Gasteiger partial charge in [-0.1, -0.05) is 57.0 Å². The summed E-state index contributed by atoms with van der Waals surface area (Å²) in [6, 6.07) is 12.2. The molecule has 0 saturated carbocycles. The van der Waals surface area contributed by atoms with Crippen molar-refractivity contribution in [3.8, 4) is 0 Å². The Morgan fingerprint density at radius 2 is 1.62 bits per heavy atom. The van der Waals surface area contributed by atoms with Crippen LogP contribution in [0.25, 0.3) is 0 Å². The Labute approximate surface area is 179 Å². The van der Waals surface area contributed by atoms with Crippen LogP contribution in [0.1, 0.15) is 62.0 Å². The number of hydrogen-bond donors (Lipinski definition) is 0. The van der Waals surface area contributed by atoms with E-state index in [1.54, 1.807) is 16.2 Å². The summed E-state index contributed by atoms with van der Waals surface area (Å²) in [5.74, 6) is 0.114. The predicted octanol–water partition coefficient (Wildman–Crippen LogP) is 5.40. The van der Waals surface area contributed by atoms with Crippen LogP contribution in [0, 0.1) is 6.92 Å². The first-order chi connectivity index (χ1) is 14.0. The van der Waals surface area contributed by atoms with Crippen molar-refractivity contribution < 1.29 is 9.59 Å². The maximum Gasteiger partial charge on any atom is 0.242 e. The van der Waals surface area contributed by atoms with E-state index in [1.165, 1.54) is 10.4 Å². The van der Waals surface area contributed by atoms with Crippen LogP contribution in [0.3, 0.4) is 0 Å². The first kappa shape index (κ1) is 23.1. The average molecular weight is 415 g/mol. The number of carbonyl (C=O) groups is 2. The smallest absolute Gasteiger partial charge is 0.242 e. The van der Waals surface area contributed by atoms with Crippen molar-refractivity contribution in [3.05, 3.63) is 57.8 Å². The van der Waals surface area contributed by atoms with E-state index in [-0.39, 0.29) is 18.4 Å². The summed E-state index contributed by atoms with van der Waals surface area (Å²) < 4.78 is 0. The average Bonchev–Trinajstić information content (AvgIpc) is 3.13. The minimum Gasteiger partial charge on any atom is -0.333 e. The molecule has 0 aliphatic rings. The summed E-state index contributed by atoms with van der Waals surface area (Å²) in [6.45, 7) is 8.24. The zero-order chi connectivity index (χ0) is 21.1. The number of rotatable bonds is 12. The molecule has 0 bridgehead atoms. The number of benzene rings is 1. The molecule has 2 aromatic rings. The summed E-state index contributed by atoms with van der Waals surface area (Å²) in [6.07, 6.45) is 4.31. The summed E-state index contributed by atoms with van der Waals surface area (Å²) in [5.41, 5.74) is 2.31. The molecule has 0 spiro atoms. The second kappa shape index (κ2) is 12.4. The molecular weight excluding hydrogens is 380 g/mol. The molecule has 0 radical (unpaired) electrons. The van der Waals surface area contributed by atoms with Crippen molar-refractivity contribution in [2.45, 2.75) is 66.0 Å². The summed E-state index contributed by atoms with van der Waals surface area (Å²) in [5, 5.41) is 2.07. The Kier molecular flexibility index (Phi) is 9.92. The minimum absolute atomic E-state index is 0.0163. The van der Waals surface area contributed by atoms with Gasteiger partial charge < -0.3 is 9.80 Å². The fraction of sp³-hybridized carbons (Fsp3) is 0.500. The van der Waals surface area contributed by atoms with Crippen molar-refractivity contribution in [1.29, 1.82) is 0 Å². The number of carbonyl (C=O) groups excluding carboxylic acids is 2. The highest BCUT2D eigenvalue weighted by Gasteiger charge is 2.22. The molecule has 1 aromatic carbocycles. The molecule has 1 aromatic heterocycles. The molecule has 158 valence electrons. The van der Waals surface area contributed by atoms with Gasteiger partial charge in [-0.3, -0.25) is 9.59 Å². The van der Waals surface area contributed by atoms with Crippen LogP contribution in [-0.4, -0.2) is 34.7 Å². The quantitative estimate of drug-likeness (QED) is 0.466. The second-order valence-corrected chi connectivity index (χ2v) is 8.54. The Morgan fingerprint density at radius 1 is 0.897 bits per heavy atom. The zero-order valence-corrected chi connectivity index (χ0v) is 18.8. The third-order valence-corrected chi connectivity index (χ3v) is 6.08. The molecule has 2 amide bonds. The van der Waals surface area contributed by atoms with E-state index >= 15 is 0 Å². The Balaban J connectivity index is 2.14. The predicted molar refractivity (Wildman–Crippen MR) is 121 cm³/mol. The molecule has 1 heterocycles. The highest BCUT2D eigenvalue weighted by molar-refractivity contribution is 7.10. The van der Waals surface area contributed by atoms with E-state index in [4.69, 9.17) is 0 Å². The van der Waals surface area contributed by atoms with Gasteiger partial charge in [-0.2, -0.15) is 0 Å². The van der Waals surface area contributed by atoms with Gasteiger partial charge in [0.15, 0.2) is 0 Å². The lowest BCUT2D eigenvalue weighted by atomic mass is 10.2. The maximum atomic E-state index is 13.3. The molecule has 0 aliphatic carbocycles. The Hall–Kier alpha value is -2.14. The van der Waals surface area contributed by atoms with E-state index in [0.717, 1.165) is 31.2 Å². The number of aryl methyl sites for hydroxylation is 1. The molecule has 0 saturated heterocycles. The largest absolute Gasteiger partial charge is 0.333 e. The first-order valence-electron chi connectivity index (χ1n) is 10.7. The summed E-state index contributed by atoms with van der Waals surface area (Å²) in [7, 11) is 0. The Morgan fingerprint density at radius 3 is 2.24 bits per heavy atom. The molecule has 0 aliphatic heterocycles. The molecular formula is C24H34N2O2S. The highest BCUT2D eigenvalue weighted by atomic mass is 32.1. The third kappa shape index (κ3) is 7.65. The van der Waals surface area contributed by atoms with E-state index in [1.807, 2.05) is 35.2 Å². The molecule has 0 atom stereocenters. The minimum atomic E-state index is 0.0163. The van der Waals surface area contributed by atoms with E-state index in [0.29, 0.717) is 26.1 Å². The van der Waals surface area contributed by atoms with E-state index < -0.39 is 0 Å². The molecule has 2 rings (SSSR count). The zero-order valence-electron chi connectivity index (χ0n) is 18.0. The van der Waals surface area contributed by atoms with Gasteiger partial charge in [-0.25, -0.2) is 0 Å². The van der Waals surface area contributed by atoms with Gasteiger partial charge in [0.25, 0.3) is 0 Å². The topological polar surface area (TPSA) is 40.6 Å². The van der Waals surface area contributed by atoms with Gasteiger partial charge in [0, 0.05) is 24.4 Å². The van der Waals surface area contributed by atoms with Crippen LogP contribution in [0.5, 0.6) is 0 Å². The van der Waals surface area contributed by atoms with Crippen LogP contribution in [0.15, 0.2) is 41.8 Å². The SMILES string of the molecule is CCCCC(=O)N(CCCC)CC(=O)N(Cc1ccccc1)Cc1sccc1C. The van der Waals surface area contributed by atoms with Crippen LogP contribution >= 0.6 is 11.3 Å². The molecule has 5 heteroatoms. The molecule has 0 N–H and O–H groups in total. The molecule has 29 heavy (non-hydrogen) atoms. The van der Waals surface area contributed by atoms with Crippen molar-refractivity contribution >= 4 is 23.2 Å². The lowest BCUT2D eigenvalue weighted by molar-refractivity contribution is -0.141. The lowest BCUT2D eigenvalue weighted by Crippen LogP contribution is -2.42. The standard InChI is InChI=1S/C24H34N2O2S/c1-4-6-13-23(27)25(15-7-5-2)19-24(28)26(17-21-11-9-8-10-12-21)18-22-20(3)14-16-29-22/h8-12,14,16H,4-7,13,15,17-19H2,1-3H3. The first-order valence-corrected chi connectivity index (χ1v) is 11.6. The number of hydrogen-bond acceptors (Lipinski definition) is 3. The van der Waals surface area contributed by atoms with Crippen molar-refractivity contribution in [2.24, 2.45) is 0 Å². The molecule has 0 fully saturated rings. The van der Waals surface area contributed by atoms with Gasteiger partial charge in [-0.15, -0.1) is 11.3 Å². The second-order valence-electron chi connectivity index (χ2n) is 7.53. The van der Waals surface area contributed by atoms with Crippen LogP contribution < -0.4 is 0 Å². The lowest BCUT2D eigenvalue weighted by Gasteiger charge is -2.28. The van der Waals surface area contributed by atoms with Gasteiger partial charge in [0.05, 0.1) is 13.1 Å². The van der Waals surface area contributed by atoms with Crippen LogP contribution in [0.2, 0.25) is 0 Å². The Bertz CT molecular complexity index is 757. The number of amides is 2. The van der Waals surface area contributed by atoms with Crippen molar-refractivity contribution in [3.63, 3.8) is 0 Å². The monoisotopic (exact) mass is 414 g/mol. The normalized spacial score (nSPS) is 10.7. The fourth-order valence-corrected chi connectivity index (χ4v) is 4.09. The van der Waals surface area contributed by atoms with E-state index in [9.17, 15) is 9.59 Å². The molecule has 4 nitrogen and oxygen atoms in total. The highest BCUT2D eigenvalue weighted by Crippen LogP contribution is 2.20. The number of thiophene rings is 1. The fourth-order valence-electron chi connectivity index (χ4n) is 3.17. The van der Waals surface area contributed by atoms with Crippen LogP contribution in [0.4, 0.5) is 0 Å².